The van der Waals surface area contributed by atoms with E-state index in [1.54, 1.807) is 12.1 Å². The first-order chi connectivity index (χ1) is 18.1. The molecule has 0 atom stereocenters. The van der Waals surface area contributed by atoms with Gasteiger partial charge in [-0.25, -0.2) is 4.98 Å². The highest BCUT2D eigenvalue weighted by molar-refractivity contribution is 7.15. The van der Waals surface area contributed by atoms with Crippen LogP contribution in [0, 0.1) is 0 Å². The smallest absolute Gasteiger partial charge is 0.261 e. The third-order valence-electron chi connectivity index (χ3n) is 6.95. The monoisotopic (exact) mass is 510 g/mol. The first kappa shape index (κ1) is 23.5. The Morgan fingerprint density at radius 1 is 0.946 bits per heavy atom. The summed E-state index contributed by atoms with van der Waals surface area (Å²) >= 11 is 1.53. The Hall–Kier alpha value is -3.88. The summed E-state index contributed by atoms with van der Waals surface area (Å²) in [6.07, 6.45) is 1.45. The molecule has 0 fully saturated rings. The van der Waals surface area contributed by atoms with Crippen molar-refractivity contribution < 1.29 is 14.4 Å². The van der Waals surface area contributed by atoms with Crippen molar-refractivity contribution in [3.63, 3.8) is 0 Å². The highest BCUT2D eigenvalue weighted by atomic mass is 32.1. The van der Waals surface area contributed by atoms with E-state index in [4.69, 9.17) is 0 Å². The molecular formula is C29H26N4O3S. The summed E-state index contributed by atoms with van der Waals surface area (Å²) in [6.45, 7) is 2.85. The Morgan fingerprint density at radius 3 is 2.41 bits per heavy atom. The fourth-order valence-corrected chi connectivity index (χ4v) is 6.21. The van der Waals surface area contributed by atoms with Crippen LogP contribution in [0.4, 0.5) is 5.13 Å². The topological polar surface area (TPSA) is 82.6 Å². The maximum absolute atomic E-state index is 13.0. The number of hydrogen-bond donors (Lipinski definition) is 1. The number of fused-ring (bicyclic) bond motifs is 1. The molecule has 0 radical (unpaired) electrons. The average molecular weight is 511 g/mol. The molecule has 0 aliphatic carbocycles. The summed E-state index contributed by atoms with van der Waals surface area (Å²) in [5.41, 5.74) is 3.41. The molecule has 3 heterocycles. The minimum absolute atomic E-state index is 0.161. The maximum atomic E-state index is 13.0. The second kappa shape index (κ2) is 9.88. The summed E-state index contributed by atoms with van der Waals surface area (Å²) in [5.74, 6) is -0.767. The molecule has 4 aromatic rings. The zero-order valence-electron chi connectivity index (χ0n) is 20.3. The number of thiazole rings is 1. The second-order valence-electron chi connectivity index (χ2n) is 9.46. The van der Waals surface area contributed by atoms with Gasteiger partial charge in [-0.05, 0) is 29.5 Å². The predicted octanol–water partition coefficient (Wildman–Crippen LogP) is 4.87. The van der Waals surface area contributed by atoms with Crippen molar-refractivity contribution in [2.24, 2.45) is 0 Å². The van der Waals surface area contributed by atoms with Crippen LogP contribution in [0.2, 0.25) is 0 Å². The van der Waals surface area contributed by atoms with Crippen LogP contribution in [0.5, 0.6) is 0 Å². The molecule has 186 valence electrons. The minimum Gasteiger partial charge on any atom is -0.302 e. The first-order valence-corrected chi connectivity index (χ1v) is 13.3. The highest BCUT2D eigenvalue weighted by Gasteiger charge is 2.32. The second-order valence-corrected chi connectivity index (χ2v) is 10.5. The standard InChI is InChI=1S/C29H26N4O3S/c34-25(31-29-30-23-14-16-32(18-24(23)37-29)17-19-7-2-1-3-8-19)13-6-15-33-27(35)21-11-4-9-20-10-5-12-22(26(20)21)28(33)36/h1-5,7-12H,6,13-18H2,(H,30,31,34). The van der Waals surface area contributed by atoms with Crippen LogP contribution in [0.15, 0.2) is 66.7 Å². The van der Waals surface area contributed by atoms with Crippen LogP contribution in [0.25, 0.3) is 10.8 Å². The van der Waals surface area contributed by atoms with Crippen molar-refractivity contribution in [1.82, 2.24) is 14.8 Å². The molecule has 3 amide bonds. The number of hydrogen-bond acceptors (Lipinski definition) is 6. The Labute approximate surface area is 218 Å². The van der Waals surface area contributed by atoms with Crippen molar-refractivity contribution >= 4 is 45.0 Å². The lowest BCUT2D eigenvalue weighted by atomic mass is 9.94. The van der Waals surface area contributed by atoms with Crippen molar-refractivity contribution in [2.45, 2.75) is 32.4 Å². The fourth-order valence-electron chi connectivity index (χ4n) is 5.14. The van der Waals surface area contributed by atoms with Crippen molar-refractivity contribution in [1.29, 1.82) is 0 Å². The summed E-state index contributed by atoms with van der Waals surface area (Å²) in [7, 11) is 0. The number of aromatic nitrogens is 1. The van der Waals surface area contributed by atoms with Crippen LogP contribution in [0.3, 0.4) is 0 Å². The van der Waals surface area contributed by atoms with Gasteiger partial charge in [0.05, 0.1) is 5.69 Å². The molecule has 2 aliphatic rings. The van der Waals surface area contributed by atoms with E-state index in [0.717, 1.165) is 37.1 Å². The summed E-state index contributed by atoms with van der Waals surface area (Å²) in [6, 6.07) is 21.4. The van der Waals surface area contributed by atoms with E-state index in [2.05, 4.69) is 39.5 Å². The number of rotatable bonds is 7. The third-order valence-corrected chi connectivity index (χ3v) is 7.94. The normalized spacial score (nSPS) is 15.2. The van der Waals surface area contributed by atoms with Gasteiger partial charge in [0, 0.05) is 60.4 Å². The number of benzene rings is 3. The van der Waals surface area contributed by atoms with Gasteiger partial charge in [0.25, 0.3) is 11.8 Å². The molecule has 8 heteroatoms. The van der Waals surface area contributed by atoms with E-state index in [9.17, 15) is 14.4 Å². The number of carbonyl (C=O) groups is 3. The van der Waals surface area contributed by atoms with Crippen LogP contribution in [-0.2, 0) is 24.3 Å². The van der Waals surface area contributed by atoms with Crippen LogP contribution >= 0.6 is 11.3 Å². The SMILES string of the molecule is O=C(CCCN1C(=O)c2cccc3cccc(c23)C1=O)Nc1nc2c(s1)CN(Cc1ccccc1)CC2. The van der Waals surface area contributed by atoms with E-state index in [0.29, 0.717) is 28.1 Å². The third kappa shape index (κ3) is 4.65. The number of anilines is 1. The van der Waals surface area contributed by atoms with Gasteiger partial charge in [-0.3, -0.25) is 24.2 Å². The number of nitrogens with one attached hydrogen (secondary N) is 1. The van der Waals surface area contributed by atoms with Crippen LogP contribution in [-0.4, -0.2) is 45.6 Å². The van der Waals surface area contributed by atoms with Gasteiger partial charge in [-0.15, -0.1) is 11.3 Å². The van der Waals surface area contributed by atoms with E-state index < -0.39 is 0 Å². The van der Waals surface area contributed by atoms with Crippen molar-refractivity contribution in [2.75, 3.05) is 18.4 Å². The van der Waals surface area contributed by atoms with Crippen molar-refractivity contribution in [3.05, 3.63) is 94.0 Å². The molecular weight excluding hydrogens is 484 g/mol. The van der Waals surface area contributed by atoms with Gasteiger partial charge >= 0.3 is 0 Å². The Morgan fingerprint density at radius 2 is 1.68 bits per heavy atom. The van der Waals surface area contributed by atoms with Gasteiger partial charge in [-0.2, -0.15) is 0 Å². The molecule has 0 spiro atoms. The van der Waals surface area contributed by atoms with E-state index in [-0.39, 0.29) is 30.7 Å². The van der Waals surface area contributed by atoms with Crippen molar-refractivity contribution in [3.8, 4) is 0 Å². The van der Waals surface area contributed by atoms with E-state index in [1.165, 1.54) is 26.7 Å². The zero-order valence-corrected chi connectivity index (χ0v) is 21.1. The van der Waals surface area contributed by atoms with Crippen LogP contribution < -0.4 is 5.32 Å². The largest absolute Gasteiger partial charge is 0.302 e. The maximum Gasteiger partial charge on any atom is 0.261 e. The van der Waals surface area contributed by atoms with Gasteiger partial charge in [0.2, 0.25) is 5.91 Å². The summed E-state index contributed by atoms with van der Waals surface area (Å²) in [4.78, 5) is 48.2. The lowest BCUT2D eigenvalue weighted by Crippen LogP contribution is -2.41. The number of amides is 3. The molecule has 0 unspecified atom stereocenters. The predicted molar refractivity (Wildman–Crippen MR) is 144 cm³/mol. The quantitative estimate of drug-likeness (QED) is 0.359. The molecule has 0 bridgehead atoms. The summed E-state index contributed by atoms with van der Waals surface area (Å²) in [5, 5.41) is 5.12. The van der Waals surface area contributed by atoms with E-state index >= 15 is 0 Å². The average Bonchev–Trinajstić information content (AvgIpc) is 3.31. The van der Waals surface area contributed by atoms with Gasteiger partial charge in [-0.1, -0.05) is 54.6 Å². The van der Waals surface area contributed by atoms with Gasteiger partial charge in [0.15, 0.2) is 5.13 Å². The Bertz CT molecular complexity index is 1460. The molecule has 0 saturated heterocycles. The number of imide groups is 1. The molecule has 2 aliphatic heterocycles. The fraction of sp³-hybridized carbons (Fsp3) is 0.241. The van der Waals surface area contributed by atoms with Gasteiger partial charge in [0.1, 0.15) is 0 Å². The molecule has 1 N–H and O–H groups in total. The zero-order chi connectivity index (χ0) is 25.4. The Kier molecular flexibility index (Phi) is 6.28. The number of carbonyl (C=O) groups excluding carboxylic acids is 3. The molecule has 7 nitrogen and oxygen atoms in total. The van der Waals surface area contributed by atoms with Crippen LogP contribution in [0.1, 0.15) is 49.7 Å². The van der Waals surface area contributed by atoms with E-state index in [1.807, 2.05) is 30.3 Å². The highest BCUT2D eigenvalue weighted by Crippen LogP contribution is 2.31. The number of nitrogens with zero attached hydrogens (tertiary/aromatic N) is 3. The Balaban J connectivity index is 1.04. The lowest BCUT2D eigenvalue weighted by Gasteiger charge is -2.27. The minimum atomic E-state index is -0.303. The molecule has 6 rings (SSSR count). The first-order valence-electron chi connectivity index (χ1n) is 12.5. The lowest BCUT2D eigenvalue weighted by molar-refractivity contribution is -0.116. The molecule has 0 saturated carbocycles. The molecule has 37 heavy (non-hydrogen) atoms. The molecule has 1 aromatic heterocycles. The summed E-state index contributed by atoms with van der Waals surface area (Å²) < 4.78 is 0. The molecule has 3 aromatic carbocycles. The van der Waals surface area contributed by atoms with Gasteiger partial charge < -0.3 is 5.32 Å².